The summed E-state index contributed by atoms with van der Waals surface area (Å²) in [6.45, 7) is -0.0977. The second-order valence-corrected chi connectivity index (χ2v) is 4.18. The Hall–Kier alpha value is -1.11. The van der Waals surface area contributed by atoms with Crippen molar-refractivity contribution >= 4 is 11.6 Å². The molecule has 4 heteroatoms. The molecule has 0 aliphatic heterocycles. The Morgan fingerprint density at radius 3 is 2.93 bits per heavy atom. The zero-order valence-electron chi connectivity index (χ0n) is 7.87. The molecule has 2 rings (SSSR count). The smallest absolute Gasteiger partial charge is 0.146 e. The van der Waals surface area contributed by atoms with E-state index in [1.54, 1.807) is 12.1 Å². The number of hydrogen-bond donors (Lipinski definition) is 1. The molecule has 2 atom stereocenters. The highest BCUT2D eigenvalue weighted by Crippen LogP contribution is 2.54. The Bertz CT molecular complexity index is 443. The second kappa shape index (κ2) is 3.48. The Morgan fingerprint density at radius 1 is 1.67 bits per heavy atom. The van der Waals surface area contributed by atoms with Crippen LogP contribution in [0.25, 0.3) is 0 Å². The first kappa shape index (κ1) is 10.4. The van der Waals surface area contributed by atoms with Crippen LogP contribution in [0.2, 0.25) is 5.02 Å². The normalized spacial score (nSPS) is 28.5. The zero-order valence-corrected chi connectivity index (χ0v) is 8.63. The van der Waals surface area contributed by atoms with Gasteiger partial charge >= 0.3 is 0 Å². The minimum atomic E-state index is -0.871. The largest absolute Gasteiger partial charge is 0.396 e. The standard InChI is InChI=1S/C11H9ClFNO/c12-9-3-1-2-8(10(9)13)11(6-14)4-7(11)5-15/h1-3,7,15H,4-5H2. The number of rotatable bonds is 2. The fraction of sp³-hybridized carbons (Fsp3) is 0.364. The highest BCUT2D eigenvalue weighted by molar-refractivity contribution is 6.30. The van der Waals surface area contributed by atoms with Crippen molar-refractivity contribution in [1.29, 1.82) is 5.26 Å². The molecule has 1 saturated carbocycles. The van der Waals surface area contributed by atoms with Crippen LogP contribution < -0.4 is 0 Å². The summed E-state index contributed by atoms with van der Waals surface area (Å²) in [5, 5.41) is 18.1. The summed E-state index contributed by atoms with van der Waals surface area (Å²) in [6, 6.07) is 6.70. The van der Waals surface area contributed by atoms with E-state index < -0.39 is 11.2 Å². The first-order chi connectivity index (χ1) is 7.15. The van der Waals surface area contributed by atoms with E-state index in [0.29, 0.717) is 12.0 Å². The van der Waals surface area contributed by atoms with Crippen molar-refractivity contribution in [3.05, 3.63) is 34.6 Å². The Labute approximate surface area is 91.9 Å². The maximum atomic E-state index is 13.7. The summed E-state index contributed by atoms with van der Waals surface area (Å²) in [6.07, 6.45) is 0.497. The summed E-state index contributed by atoms with van der Waals surface area (Å²) >= 11 is 5.65. The molecular weight excluding hydrogens is 217 g/mol. The maximum absolute atomic E-state index is 13.7. The van der Waals surface area contributed by atoms with Gasteiger partial charge in [0, 0.05) is 18.1 Å². The molecule has 0 radical (unpaired) electrons. The maximum Gasteiger partial charge on any atom is 0.146 e. The van der Waals surface area contributed by atoms with E-state index >= 15 is 0 Å². The van der Waals surface area contributed by atoms with Gasteiger partial charge in [0.1, 0.15) is 5.82 Å². The average molecular weight is 226 g/mol. The number of nitriles is 1. The topological polar surface area (TPSA) is 44.0 Å². The number of hydrogen-bond acceptors (Lipinski definition) is 2. The van der Waals surface area contributed by atoms with Gasteiger partial charge < -0.3 is 5.11 Å². The van der Waals surface area contributed by atoms with Gasteiger partial charge in [0.15, 0.2) is 0 Å². The van der Waals surface area contributed by atoms with Gasteiger partial charge in [-0.15, -0.1) is 0 Å². The zero-order chi connectivity index (χ0) is 11.1. The van der Waals surface area contributed by atoms with Crippen molar-refractivity contribution in [2.75, 3.05) is 6.61 Å². The Morgan fingerprint density at radius 2 is 2.40 bits per heavy atom. The van der Waals surface area contributed by atoms with Crippen molar-refractivity contribution in [3.63, 3.8) is 0 Å². The Kier molecular flexibility index (Phi) is 2.41. The van der Waals surface area contributed by atoms with Crippen LogP contribution in [-0.2, 0) is 5.41 Å². The van der Waals surface area contributed by atoms with Crippen LogP contribution in [0.5, 0.6) is 0 Å². The van der Waals surface area contributed by atoms with Crippen molar-refractivity contribution in [2.45, 2.75) is 11.8 Å². The highest BCUT2D eigenvalue weighted by atomic mass is 35.5. The molecule has 0 aromatic heterocycles. The van der Waals surface area contributed by atoms with E-state index in [1.165, 1.54) is 6.07 Å². The van der Waals surface area contributed by atoms with Gasteiger partial charge in [0.2, 0.25) is 0 Å². The van der Waals surface area contributed by atoms with Crippen LogP contribution in [0.3, 0.4) is 0 Å². The van der Waals surface area contributed by atoms with E-state index in [-0.39, 0.29) is 17.5 Å². The minimum absolute atomic E-state index is 0.0192. The van der Waals surface area contributed by atoms with Gasteiger partial charge in [-0.25, -0.2) is 4.39 Å². The summed E-state index contributed by atoms with van der Waals surface area (Å²) in [7, 11) is 0. The quantitative estimate of drug-likeness (QED) is 0.839. The predicted octanol–water partition coefficient (Wildman–Crippen LogP) is 2.25. The van der Waals surface area contributed by atoms with Gasteiger partial charge in [-0.3, -0.25) is 0 Å². The monoisotopic (exact) mass is 225 g/mol. The molecule has 0 spiro atoms. The van der Waals surface area contributed by atoms with Gasteiger partial charge in [-0.05, 0) is 12.5 Å². The Balaban J connectivity index is 2.47. The van der Waals surface area contributed by atoms with E-state index in [2.05, 4.69) is 6.07 Å². The van der Waals surface area contributed by atoms with Gasteiger partial charge in [-0.2, -0.15) is 5.26 Å². The summed E-state index contributed by atoms with van der Waals surface area (Å²) in [4.78, 5) is 0. The van der Waals surface area contributed by atoms with Crippen LogP contribution in [0.1, 0.15) is 12.0 Å². The molecule has 1 aliphatic rings. The van der Waals surface area contributed by atoms with E-state index in [9.17, 15) is 4.39 Å². The predicted molar refractivity (Wildman–Crippen MR) is 53.9 cm³/mol. The lowest BCUT2D eigenvalue weighted by atomic mass is 9.94. The first-order valence-corrected chi connectivity index (χ1v) is 5.00. The molecule has 1 N–H and O–H groups in total. The first-order valence-electron chi connectivity index (χ1n) is 4.62. The van der Waals surface area contributed by atoms with E-state index in [4.69, 9.17) is 22.0 Å². The second-order valence-electron chi connectivity index (χ2n) is 3.77. The molecule has 1 aliphatic carbocycles. The molecule has 0 saturated heterocycles. The summed E-state index contributed by atoms with van der Waals surface area (Å²) < 4.78 is 13.7. The van der Waals surface area contributed by atoms with Crippen molar-refractivity contribution < 1.29 is 9.50 Å². The molecule has 1 aromatic carbocycles. The van der Waals surface area contributed by atoms with Gasteiger partial charge in [-0.1, -0.05) is 23.7 Å². The van der Waals surface area contributed by atoms with Crippen LogP contribution >= 0.6 is 11.6 Å². The fourth-order valence-electron chi connectivity index (χ4n) is 1.93. The fourth-order valence-corrected chi connectivity index (χ4v) is 2.10. The lowest BCUT2D eigenvalue weighted by Crippen LogP contribution is -2.11. The SMILES string of the molecule is N#CC1(c2cccc(Cl)c2F)CC1CO. The van der Waals surface area contributed by atoms with Crippen LogP contribution in [0.4, 0.5) is 4.39 Å². The number of halogens is 2. The molecular formula is C11H9ClFNO. The molecule has 0 heterocycles. The minimum Gasteiger partial charge on any atom is -0.396 e. The number of benzene rings is 1. The van der Waals surface area contributed by atoms with E-state index in [0.717, 1.165) is 0 Å². The summed E-state index contributed by atoms with van der Waals surface area (Å²) in [5.41, 5.74) is -0.569. The van der Waals surface area contributed by atoms with Crippen molar-refractivity contribution in [2.24, 2.45) is 5.92 Å². The van der Waals surface area contributed by atoms with Crippen LogP contribution in [-0.4, -0.2) is 11.7 Å². The third kappa shape index (κ3) is 1.41. The summed E-state index contributed by atoms with van der Waals surface area (Å²) in [5.74, 6) is -0.716. The van der Waals surface area contributed by atoms with Crippen molar-refractivity contribution in [1.82, 2.24) is 0 Å². The number of nitrogens with zero attached hydrogens (tertiary/aromatic N) is 1. The highest BCUT2D eigenvalue weighted by Gasteiger charge is 2.57. The van der Waals surface area contributed by atoms with Gasteiger partial charge in [0.05, 0.1) is 16.5 Å². The molecule has 2 nitrogen and oxygen atoms in total. The molecule has 0 amide bonds. The van der Waals surface area contributed by atoms with Gasteiger partial charge in [0.25, 0.3) is 0 Å². The van der Waals surface area contributed by atoms with Crippen LogP contribution in [0.15, 0.2) is 18.2 Å². The van der Waals surface area contributed by atoms with Crippen molar-refractivity contribution in [3.8, 4) is 6.07 Å². The lowest BCUT2D eigenvalue weighted by Gasteiger charge is -2.10. The average Bonchev–Trinajstić information content (AvgIpc) is 2.97. The molecule has 0 bridgehead atoms. The molecule has 1 aromatic rings. The third-order valence-corrected chi connectivity index (χ3v) is 3.25. The molecule has 78 valence electrons. The van der Waals surface area contributed by atoms with Crippen LogP contribution in [0, 0.1) is 23.1 Å². The third-order valence-electron chi connectivity index (χ3n) is 2.96. The molecule has 1 fully saturated rings. The lowest BCUT2D eigenvalue weighted by molar-refractivity contribution is 0.268. The number of aliphatic hydroxyl groups excluding tert-OH is 1. The molecule has 15 heavy (non-hydrogen) atoms. The molecule has 2 unspecified atom stereocenters. The van der Waals surface area contributed by atoms with E-state index in [1.807, 2.05) is 0 Å². The number of aliphatic hydroxyl groups is 1.